The molecule has 3 rings (SSSR count). The smallest absolute Gasteiger partial charge is 0.312 e. The summed E-state index contributed by atoms with van der Waals surface area (Å²) in [6.45, 7) is 5.18. The van der Waals surface area contributed by atoms with Crippen LogP contribution < -0.4 is 5.32 Å². The zero-order chi connectivity index (χ0) is 21.3. The molecule has 29 heavy (non-hydrogen) atoms. The second-order valence-electron chi connectivity index (χ2n) is 6.56. The van der Waals surface area contributed by atoms with Crippen molar-refractivity contribution in [2.24, 2.45) is 0 Å². The minimum Gasteiger partial charge on any atom is -0.322 e. The van der Waals surface area contributed by atoms with E-state index in [0.717, 1.165) is 5.56 Å². The van der Waals surface area contributed by atoms with Crippen molar-refractivity contribution in [1.29, 1.82) is 0 Å². The molecule has 1 amide bonds. The minimum absolute atomic E-state index is 0.0842. The number of carbonyl (C=O) groups excluding carboxylic acids is 1. The predicted octanol–water partition coefficient (Wildman–Crippen LogP) is 4.16. The Morgan fingerprint density at radius 3 is 2.66 bits per heavy atom. The second-order valence-corrected chi connectivity index (χ2v) is 7.38. The molecule has 0 saturated heterocycles. The molecule has 1 N–H and O–H groups in total. The molecule has 0 spiro atoms. The molecule has 0 radical (unpaired) electrons. The average molecular weight is 437 g/mol. The Morgan fingerprint density at radius 2 is 2.03 bits per heavy atom. The van der Waals surface area contributed by atoms with Gasteiger partial charge in [0.2, 0.25) is 5.91 Å². The maximum atomic E-state index is 12.6. The Balaban J connectivity index is 1.70. The molecule has 9 nitrogen and oxygen atoms in total. The highest BCUT2D eigenvalue weighted by Crippen LogP contribution is 2.25. The monoisotopic (exact) mass is 436 g/mol. The molecule has 152 valence electrons. The summed E-state index contributed by atoms with van der Waals surface area (Å²) in [5.74, 6) is -0.361. The lowest BCUT2D eigenvalue weighted by molar-refractivity contribution is -0.386. The van der Waals surface area contributed by atoms with E-state index in [0.29, 0.717) is 28.0 Å². The third-order valence-electron chi connectivity index (χ3n) is 4.45. The summed E-state index contributed by atoms with van der Waals surface area (Å²) in [4.78, 5) is 23.3. The van der Waals surface area contributed by atoms with Gasteiger partial charge in [0.1, 0.15) is 17.4 Å². The Morgan fingerprint density at radius 1 is 1.31 bits per heavy atom. The van der Waals surface area contributed by atoms with Gasteiger partial charge >= 0.3 is 5.69 Å². The number of nitrogens with one attached hydrogen (secondary N) is 1. The standard InChI is InChI=1S/C18H18Cl2N6O3/c1-10-17(26(28)29)11(2)25(23-10)12(3)18(27)22-14-7-21-24(9-14)8-13-4-5-15(19)16(20)6-13/h4-7,9,12H,8H2,1-3H3,(H,22,27). The van der Waals surface area contributed by atoms with Crippen LogP contribution in [0.2, 0.25) is 10.0 Å². The molecule has 2 aromatic heterocycles. The van der Waals surface area contributed by atoms with E-state index in [1.54, 1.807) is 43.8 Å². The van der Waals surface area contributed by atoms with E-state index in [1.165, 1.54) is 10.9 Å². The van der Waals surface area contributed by atoms with Gasteiger partial charge in [0.15, 0.2) is 0 Å². The first-order valence-corrected chi connectivity index (χ1v) is 9.40. The number of amides is 1. The van der Waals surface area contributed by atoms with Crippen LogP contribution in [0.3, 0.4) is 0 Å². The van der Waals surface area contributed by atoms with Crippen LogP contribution in [0.5, 0.6) is 0 Å². The van der Waals surface area contributed by atoms with Crippen LogP contribution >= 0.6 is 23.2 Å². The van der Waals surface area contributed by atoms with E-state index in [4.69, 9.17) is 23.2 Å². The van der Waals surface area contributed by atoms with Crippen LogP contribution in [-0.2, 0) is 11.3 Å². The van der Waals surface area contributed by atoms with E-state index in [1.807, 2.05) is 6.07 Å². The zero-order valence-corrected chi connectivity index (χ0v) is 17.4. The number of hydrogen-bond donors (Lipinski definition) is 1. The molecule has 0 aliphatic rings. The summed E-state index contributed by atoms with van der Waals surface area (Å²) in [6, 6.07) is 4.56. The third kappa shape index (κ3) is 4.41. The molecule has 1 unspecified atom stereocenters. The highest BCUT2D eigenvalue weighted by atomic mass is 35.5. The fourth-order valence-corrected chi connectivity index (χ4v) is 3.31. The molecule has 11 heteroatoms. The van der Waals surface area contributed by atoms with E-state index in [-0.39, 0.29) is 17.3 Å². The van der Waals surface area contributed by atoms with E-state index < -0.39 is 11.0 Å². The molecule has 1 aromatic carbocycles. The first kappa shape index (κ1) is 20.8. The first-order valence-electron chi connectivity index (χ1n) is 8.64. The fourth-order valence-electron chi connectivity index (χ4n) is 2.99. The summed E-state index contributed by atoms with van der Waals surface area (Å²) in [5, 5.41) is 23.2. The highest BCUT2D eigenvalue weighted by Gasteiger charge is 2.27. The highest BCUT2D eigenvalue weighted by molar-refractivity contribution is 6.42. The van der Waals surface area contributed by atoms with Crippen LogP contribution in [0.1, 0.15) is 29.9 Å². The number of aromatic nitrogens is 4. The molecular formula is C18H18Cl2N6O3. The lowest BCUT2D eigenvalue weighted by Gasteiger charge is -2.13. The normalized spacial score (nSPS) is 12.0. The minimum atomic E-state index is -0.735. The number of anilines is 1. The van der Waals surface area contributed by atoms with Crippen molar-refractivity contribution in [2.75, 3.05) is 5.32 Å². The van der Waals surface area contributed by atoms with Gasteiger partial charge in [0.25, 0.3) is 0 Å². The largest absolute Gasteiger partial charge is 0.322 e. The molecule has 1 atom stereocenters. The average Bonchev–Trinajstić information content (AvgIpc) is 3.20. The summed E-state index contributed by atoms with van der Waals surface area (Å²) >= 11 is 11.9. The van der Waals surface area contributed by atoms with Crippen LogP contribution in [-0.4, -0.2) is 30.4 Å². The summed E-state index contributed by atoms with van der Waals surface area (Å²) in [7, 11) is 0. The van der Waals surface area contributed by atoms with Gasteiger partial charge < -0.3 is 5.32 Å². The van der Waals surface area contributed by atoms with Gasteiger partial charge in [-0.25, -0.2) is 0 Å². The predicted molar refractivity (Wildman–Crippen MR) is 109 cm³/mol. The molecule has 0 aliphatic heterocycles. The van der Waals surface area contributed by atoms with Crippen molar-refractivity contribution in [1.82, 2.24) is 19.6 Å². The lowest BCUT2D eigenvalue weighted by atomic mass is 10.2. The van der Waals surface area contributed by atoms with E-state index in [9.17, 15) is 14.9 Å². The molecule has 0 fully saturated rings. The van der Waals surface area contributed by atoms with Crippen molar-refractivity contribution in [3.8, 4) is 0 Å². The van der Waals surface area contributed by atoms with Crippen LogP contribution in [0.15, 0.2) is 30.6 Å². The maximum absolute atomic E-state index is 12.6. The molecule has 0 aliphatic carbocycles. The Labute approximate surface area is 176 Å². The Kier molecular flexibility index (Phi) is 5.90. The van der Waals surface area contributed by atoms with E-state index in [2.05, 4.69) is 15.5 Å². The number of nitrogens with zero attached hydrogens (tertiary/aromatic N) is 5. The molecule has 3 aromatic rings. The SMILES string of the molecule is Cc1nn(C(C)C(=O)Nc2cnn(Cc3ccc(Cl)c(Cl)c3)c2)c(C)c1[N+](=O)[O-]. The van der Waals surface area contributed by atoms with Gasteiger partial charge in [-0.05, 0) is 38.5 Å². The molecule has 0 saturated carbocycles. The number of hydrogen-bond acceptors (Lipinski definition) is 5. The van der Waals surface area contributed by atoms with Crippen LogP contribution in [0.25, 0.3) is 0 Å². The maximum Gasteiger partial charge on any atom is 0.312 e. The first-order chi connectivity index (χ1) is 13.7. The number of benzene rings is 1. The number of carbonyl (C=O) groups is 1. The summed E-state index contributed by atoms with van der Waals surface area (Å²) in [5.41, 5.74) is 1.91. The van der Waals surface area contributed by atoms with Crippen LogP contribution in [0, 0.1) is 24.0 Å². The van der Waals surface area contributed by atoms with Crippen molar-refractivity contribution < 1.29 is 9.72 Å². The van der Waals surface area contributed by atoms with Gasteiger partial charge in [-0.1, -0.05) is 29.3 Å². The van der Waals surface area contributed by atoms with Crippen molar-refractivity contribution >= 4 is 40.5 Å². The van der Waals surface area contributed by atoms with Gasteiger partial charge in [-0.15, -0.1) is 0 Å². The summed E-state index contributed by atoms with van der Waals surface area (Å²) < 4.78 is 3.00. The van der Waals surface area contributed by atoms with Gasteiger partial charge in [0.05, 0.1) is 33.4 Å². The lowest BCUT2D eigenvalue weighted by Crippen LogP contribution is -2.25. The Hall–Kier alpha value is -2.91. The Bertz CT molecular complexity index is 1090. The van der Waals surface area contributed by atoms with E-state index >= 15 is 0 Å². The second kappa shape index (κ2) is 8.22. The fraction of sp³-hybridized carbons (Fsp3) is 0.278. The zero-order valence-electron chi connectivity index (χ0n) is 15.9. The number of nitro groups is 1. The molecule has 2 heterocycles. The number of halogens is 2. The van der Waals surface area contributed by atoms with Crippen molar-refractivity contribution in [3.05, 3.63) is 67.7 Å². The van der Waals surface area contributed by atoms with Gasteiger partial charge in [-0.3, -0.25) is 24.3 Å². The molecule has 0 bridgehead atoms. The summed E-state index contributed by atoms with van der Waals surface area (Å²) in [6.07, 6.45) is 3.20. The number of rotatable bonds is 6. The van der Waals surface area contributed by atoms with Crippen molar-refractivity contribution in [3.63, 3.8) is 0 Å². The third-order valence-corrected chi connectivity index (χ3v) is 5.18. The number of aryl methyl sites for hydroxylation is 1. The molecular weight excluding hydrogens is 419 g/mol. The van der Waals surface area contributed by atoms with Crippen molar-refractivity contribution in [2.45, 2.75) is 33.4 Å². The van der Waals surface area contributed by atoms with Gasteiger partial charge in [-0.2, -0.15) is 10.2 Å². The van der Waals surface area contributed by atoms with Gasteiger partial charge in [0, 0.05) is 6.20 Å². The quantitative estimate of drug-likeness (QED) is 0.460. The van der Waals surface area contributed by atoms with Crippen LogP contribution in [0.4, 0.5) is 11.4 Å². The topological polar surface area (TPSA) is 108 Å².